The fourth-order valence-corrected chi connectivity index (χ4v) is 6.09. The van der Waals surface area contributed by atoms with Gasteiger partial charge in [-0.2, -0.15) is 4.31 Å². The Morgan fingerprint density at radius 2 is 1.78 bits per heavy atom. The average Bonchev–Trinajstić information content (AvgIpc) is 3.19. The third-order valence-corrected chi connectivity index (χ3v) is 8.55. The monoisotopic (exact) mass is 490 g/mol. The summed E-state index contributed by atoms with van der Waals surface area (Å²) in [6, 6.07) is 13.6. The number of ketones is 1. The van der Waals surface area contributed by atoms with Crippen LogP contribution in [0.1, 0.15) is 29.6 Å². The van der Waals surface area contributed by atoms with Crippen LogP contribution >= 0.6 is 23.4 Å². The predicted molar refractivity (Wildman–Crippen MR) is 126 cm³/mol. The molecule has 0 unspecified atom stereocenters. The first kappa shape index (κ1) is 23.0. The molecule has 0 atom stereocenters. The molecule has 0 radical (unpaired) electrons. The van der Waals surface area contributed by atoms with Gasteiger partial charge in [-0.3, -0.25) is 4.79 Å². The number of carbonyl (C=O) groups excluding carboxylic acids is 1. The minimum atomic E-state index is -3.54. The van der Waals surface area contributed by atoms with Crippen LogP contribution in [-0.4, -0.2) is 52.1 Å². The van der Waals surface area contributed by atoms with Crippen LogP contribution in [-0.2, 0) is 17.1 Å². The Labute approximate surface area is 196 Å². The van der Waals surface area contributed by atoms with E-state index in [0.717, 1.165) is 19.3 Å². The molecule has 0 amide bonds. The third-order valence-electron chi connectivity index (χ3n) is 5.38. The highest BCUT2D eigenvalue weighted by Gasteiger charge is 2.26. The number of rotatable bonds is 7. The van der Waals surface area contributed by atoms with Gasteiger partial charge in [0.2, 0.25) is 10.0 Å². The molecule has 1 saturated heterocycles. The molecular weight excluding hydrogens is 468 g/mol. The highest BCUT2D eigenvalue weighted by atomic mass is 35.5. The summed E-state index contributed by atoms with van der Waals surface area (Å²) in [6.45, 7) is 1.11. The van der Waals surface area contributed by atoms with Gasteiger partial charge in [-0.05, 0) is 49.2 Å². The molecule has 1 aliphatic heterocycles. The Morgan fingerprint density at radius 3 is 2.50 bits per heavy atom. The summed E-state index contributed by atoms with van der Waals surface area (Å²) in [6.07, 6.45) is 2.83. The second-order valence-electron chi connectivity index (χ2n) is 7.58. The molecule has 0 spiro atoms. The number of aromatic nitrogens is 3. The minimum Gasteiger partial charge on any atom is -0.305 e. The van der Waals surface area contributed by atoms with E-state index < -0.39 is 10.0 Å². The summed E-state index contributed by atoms with van der Waals surface area (Å²) < 4.78 is 29.4. The largest absolute Gasteiger partial charge is 0.305 e. The normalized spacial score (nSPS) is 15.1. The van der Waals surface area contributed by atoms with Crippen LogP contribution in [0.4, 0.5) is 0 Å². The standard InChI is InChI=1S/C22H23ClN4O3S2/c1-26-21(24-25-22(26)31-15-20(28)16-8-10-18(23)11-9-16)17-6-5-7-19(14-17)32(29,30)27-12-3-2-4-13-27/h5-11,14H,2-4,12-13,15H2,1H3. The van der Waals surface area contributed by atoms with E-state index in [9.17, 15) is 13.2 Å². The SMILES string of the molecule is Cn1c(SCC(=O)c2ccc(Cl)cc2)nnc1-c1cccc(S(=O)(=O)N2CCCCC2)c1. The van der Waals surface area contributed by atoms with E-state index in [-0.39, 0.29) is 16.4 Å². The van der Waals surface area contributed by atoms with Crippen molar-refractivity contribution >= 4 is 39.2 Å². The van der Waals surface area contributed by atoms with E-state index in [1.54, 1.807) is 58.4 Å². The fourth-order valence-electron chi connectivity index (χ4n) is 3.59. The number of halogens is 1. The van der Waals surface area contributed by atoms with Gasteiger partial charge in [0, 0.05) is 36.3 Å². The number of hydrogen-bond acceptors (Lipinski definition) is 6. The highest BCUT2D eigenvalue weighted by Crippen LogP contribution is 2.27. The zero-order valence-corrected chi connectivity index (χ0v) is 20.0. The lowest BCUT2D eigenvalue weighted by atomic mass is 10.1. The molecule has 0 N–H and O–H groups in total. The summed E-state index contributed by atoms with van der Waals surface area (Å²) in [7, 11) is -1.74. The number of thioether (sulfide) groups is 1. The minimum absolute atomic E-state index is 0.0363. The van der Waals surface area contributed by atoms with Gasteiger partial charge in [-0.25, -0.2) is 8.42 Å². The first-order valence-corrected chi connectivity index (χ1v) is 13.1. The van der Waals surface area contributed by atoms with Crippen molar-refractivity contribution in [2.45, 2.75) is 29.3 Å². The number of sulfonamides is 1. The zero-order valence-electron chi connectivity index (χ0n) is 17.6. The molecule has 7 nitrogen and oxygen atoms in total. The molecule has 3 aromatic rings. The van der Waals surface area contributed by atoms with Crippen LogP contribution in [0.25, 0.3) is 11.4 Å². The summed E-state index contributed by atoms with van der Waals surface area (Å²) in [5.74, 6) is 0.713. The van der Waals surface area contributed by atoms with Crippen LogP contribution in [0, 0.1) is 0 Å². The molecule has 2 heterocycles. The number of benzene rings is 2. The van der Waals surface area contributed by atoms with Gasteiger partial charge in [0.05, 0.1) is 10.6 Å². The quantitative estimate of drug-likeness (QED) is 0.363. The van der Waals surface area contributed by atoms with E-state index in [2.05, 4.69) is 10.2 Å². The maximum Gasteiger partial charge on any atom is 0.243 e. The van der Waals surface area contributed by atoms with Crippen molar-refractivity contribution in [3.8, 4) is 11.4 Å². The zero-order chi connectivity index (χ0) is 22.7. The van der Waals surface area contributed by atoms with E-state index in [1.807, 2.05) is 6.07 Å². The van der Waals surface area contributed by atoms with Gasteiger partial charge in [0.25, 0.3) is 0 Å². The molecule has 168 valence electrons. The molecule has 32 heavy (non-hydrogen) atoms. The van der Waals surface area contributed by atoms with Gasteiger partial charge in [0.1, 0.15) is 0 Å². The Balaban J connectivity index is 1.51. The van der Waals surface area contributed by atoms with Gasteiger partial charge in [0.15, 0.2) is 16.8 Å². The van der Waals surface area contributed by atoms with Crippen LogP contribution in [0.2, 0.25) is 5.02 Å². The first-order valence-electron chi connectivity index (χ1n) is 10.3. The van der Waals surface area contributed by atoms with Crippen molar-refractivity contribution < 1.29 is 13.2 Å². The van der Waals surface area contributed by atoms with Crippen molar-refractivity contribution in [1.29, 1.82) is 0 Å². The second kappa shape index (κ2) is 9.74. The molecule has 1 aromatic heterocycles. The van der Waals surface area contributed by atoms with E-state index >= 15 is 0 Å². The van der Waals surface area contributed by atoms with Gasteiger partial charge >= 0.3 is 0 Å². The van der Waals surface area contributed by atoms with Crippen LogP contribution in [0.3, 0.4) is 0 Å². The van der Waals surface area contributed by atoms with Crippen molar-refractivity contribution in [3.63, 3.8) is 0 Å². The topological polar surface area (TPSA) is 85.2 Å². The maximum absolute atomic E-state index is 13.0. The number of Topliss-reactive ketones (excluding diaryl/α,β-unsaturated/α-hetero) is 1. The Hall–Kier alpha value is -2.20. The summed E-state index contributed by atoms with van der Waals surface area (Å²) in [5, 5.41) is 9.59. The van der Waals surface area contributed by atoms with E-state index in [1.165, 1.54) is 11.8 Å². The second-order valence-corrected chi connectivity index (χ2v) is 10.9. The van der Waals surface area contributed by atoms with Crippen LogP contribution in [0.15, 0.2) is 58.6 Å². The molecule has 2 aromatic carbocycles. The highest BCUT2D eigenvalue weighted by molar-refractivity contribution is 7.99. The number of carbonyl (C=O) groups is 1. The van der Waals surface area contributed by atoms with Crippen LogP contribution < -0.4 is 0 Å². The van der Waals surface area contributed by atoms with Crippen LogP contribution in [0.5, 0.6) is 0 Å². The molecule has 10 heteroatoms. The lowest BCUT2D eigenvalue weighted by molar-refractivity contribution is 0.102. The average molecular weight is 491 g/mol. The molecule has 1 fully saturated rings. The molecule has 0 bridgehead atoms. The first-order chi connectivity index (χ1) is 15.4. The maximum atomic E-state index is 13.0. The van der Waals surface area contributed by atoms with Gasteiger partial charge in [-0.1, -0.05) is 41.9 Å². The third kappa shape index (κ3) is 4.91. The number of piperidine rings is 1. The van der Waals surface area contributed by atoms with Crippen molar-refractivity contribution in [3.05, 3.63) is 59.1 Å². The lowest BCUT2D eigenvalue weighted by Crippen LogP contribution is -2.35. The molecular formula is C22H23ClN4O3S2. The molecule has 0 saturated carbocycles. The molecule has 1 aliphatic rings. The van der Waals surface area contributed by atoms with Crippen molar-refractivity contribution in [1.82, 2.24) is 19.1 Å². The Morgan fingerprint density at radius 1 is 1.06 bits per heavy atom. The summed E-state index contributed by atoms with van der Waals surface area (Å²) >= 11 is 7.16. The number of hydrogen-bond donors (Lipinski definition) is 0. The molecule has 4 rings (SSSR count). The van der Waals surface area contributed by atoms with E-state index in [0.29, 0.717) is 40.2 Å². The fraction of sp³-hybridized carbons (Fsp3) is 0.318. The Kier molecular flexibility index (Phi) is 6.99. The number of nitrogens with zero attached hydrogens (tertiary/aromatic N) is 4. The van der Waals surface area contributed by atoms with E-state index in [4.69, 9.17) is 11.6 Å². The summed E-state index contributed by atoms with van der Waals surface area (Å²) in [4.78, 5) is 12.7. The van der Waals surface area contributed by atoms with Gasteiger partial charge < -0.3 is 4.57 Å². The predicted octanol–water partition coefficient (Wildman–Crippen LogP) is 4.29. The summed E-state index contributed by atoms with van der Waals surface area (Å²) in [5.41, 5.74) is 1.24. The molecule has 0 aliphatic carbocycles. The lowest BCUT2D eigenvalue weighted by Gasteiger charge is -2.26. The van der Waals surface area contributed by atoms with Crippen molar-refractivity contribution in [2.24, 2.45) is 7.05 Å². The smallest absolute Gasteiger partial charge is 0.243 e. The van der Waals surface area contributed by atoms with Gasteiger partial charge in [-0.15, -0.1) is 10.2 Å². The Bertz CT molecular complexity index is 1220. The van der Waals surface area contributed by atoms with Crippen molar-refractivity contribution in [2.75, 3.05) is 18.8 Å².